The average molecular weight is 715 g/mol. The summed E-state index contributed by atoms with van der Waals surface area (Å²) in [6.45, 7) is 7.10. The highest BCUT2D eigenvalue weighted by atomic mass is 16.4. The normalized spacial score (nSPS) is 14.6. The summed E-state index contributed by atoms with van der Waals surface area (Å²) in [5.74, 6) is -6.77. The third kappa shape index (κ3) is 20.1. The molecule has 0 aliphatic rings. The van der Waals surface area contributed by atoms with Crippen LogP contribution >= 0.6 is 0 Å². The Morgan fingerprint density at radius 1 is 0.620 bits per heavy atom. The van der Waals surface area contributed by atoms with Gasteiger partial charge in [-0.15, -0.1) is 0 Å². The van der Waals surface area contributed by atoms with E-state index < -0.39 is 78.2 Å². The topological polar surface area (TPSA) is 284 Å². The highest BCUT2D eigenvalue weighted by molar-refractivity contribution is 6.35. The second kappa shape index (κ2) is 27.1. The molecule has 50 heavy (non-hydrogen) atoms. The van der Waals surface area contributed by atoms with E-state index in [-0.39, 0.29) is 18.7 Å². The average Bonchev–Trinajstić information content (AvgIpc) is 3.06. The van der Waals surface area contributed by atoms with Crippen LogP contribution in [0.15, 0.2) is 0 Å². The zero-order chi connectivity index (χ0) is 38.1. The Hall–Kier alpha value is -3.67. The summed E-state index contributed by atoms with van der Waals surface area (Å²) in [6.07, 6.45) is 9.73. The minimum Gasteiger partial charge on any atom is -0.475 e. The smallest absolute Gasteiger partial charge is 0.374 e. The van der Waals surface area contributed by atoms with E-state index in [0.29, 0.717) is 25.9 Å². The summed E-state index contributed by atoms with van der Waals surface area (Å²) < 4.78 is 0. The van der Waals surface area contributed by atoms with E-state index in [1.54, 1.807) is 0 Å². The fourth-order valence-electron chi connectivity index (χ4n) is 4.86. The standard InChI is InChI=1S/C33H62N8O9/c1-5-6-7-8-9-10-11-14-18-36-19-16-26(43)39-24(15-12-13-17-34)30(46)41-27(23(4)42)32(48)38-22(3)29(45)40-25(20-35)31(47)37-21(2)28(44)33(49)50/h21-25,27,36,42H,5-20,34-35H2,1-4H3,(H,37,47)(H,38,48)(H,39,43)(H,40,45)(H,41,46)(H,49,50)/t21-,22-,23+,24-,25-,27-/m0/s1. The molecule has 0 bridgehead atoms. The number of nitrogens with one attached hydrogen (secondary N) is 6. The summed E-state index contributed by atoms with van der Waals surface area (Å²) in [6, 6.07) is -6.54. The number of aliphatic hydroxyl groups excluding tert-OH is 1. The number of rotatable bonds is 29. The predicted octanol–water partition coefficient (Wildman–Crippen LogP) is -1.31. The Labute approximate surface area is 295 Å². The Bertz CT molecular complexity index is 1080. The number of aliphatic carboxylic acids is 1. The van der Waals surface area contributed by atoms with E-state index >= 15 is 0 Å². The molecule has 17 nitrogen and oxygen atoms in total. The van der Waals surface area contributed by atoms with Gasteiger partial charge in [-0.1, -0.05) is 51.9 Å². The molecular weight excluding hydrogens is 652 g/mol. The van der Waals surface area contributed by atoms with Crippen molar-refractivity contribution in [3.63, 3.8) is 0 Å². The zero-order valence-electron chi connectivity index (χ0n) is 30.2. The molecule has 0 aromatic heterocycles. The largest absolute Gasteiger partial charge is 0.475 e. The van der Waals surface area contributed by atoms with E-state index in [9.17, 15) is 38.7 Å². The van der Waals surface area contributed by atoms with Gasteiger partial charge in [-0.25, -0.2) is 4.79 Å². The van der Waals surface area contributed by atoms with Crippen molar-refractivity contribution < 1.29 is 43.8 Å². The molecule has 0 radical (unpaired) electrons. The van der Waals surface area contributed by atoms with Crippen LogP contribution in [0.25, 0.3) is 0 Å². The maximum atomic E-state index is 13.2. The predicted molar refractivity (Wildman–Crippen MR) is 187 cm³/mol. The van der Waals surface area contributed by atoms with Gasteiger partial charge in [0.1, 0.15) is 24.2 Å². The van der Waals surface area contributed by atoms with Crippen molar-refractivity contribution in [1.29, 1.82) is 0 Å². The zero-order valence-corrected chi connectivity index (χ0v) is 30.2. The molecule has 12 N–H and O–H groups in total. The minimum absolute atomic E-state index is 0.140. The first-order valence-corrected chi connectivity index (χ1v) is 17.8. The van der Waals surface area contributed by atoms with Crippen LogP contribution in [-0.2, 0) is 33.6 Å². The molecule has 5 amide bonds. The van der Waals surface area contributed by atoms with Gasteiger partial charge in [-0.3, -0.25) is 28.8 Å². The molecule has 0 aromatic rings. The molecule has 0 saturated carbocycles. The molecule has 0 unspecified atom stereocenters. The first-order chi connectivity index (χ1) is 23.7. The maximum Gasteiger partial charge on any atom is 0.374 e. The van der Waals surface area contributed by atoms with Gasteiger partial charge >= 0.3 is 5.97 Å². The molecule has 0 aromatic carbocycles. The van der Waals surface area contributed by atoms with Gasteiger partial charge in [0.15, 0.2) is 0 Å². The molecular formula is C33H62N8O9. The van der Waals surface area contributed by atoms with E-state index in [1.807, 2.05) is 0 Å². The number of ketones is 1. The number of Topliss-reactive ketones (excluding diaryl/α,β-unsaturated/α-hetero) is 1. The number of carboxylic acids is 1. The van der Waals surface area contributed by atoms with Gasteiger partial charge in [0, 0.05) is 19.5 Å². The second-order valence-corrected chi connectivity index (χ2v) is 12.5. The lowest BCUT2D eigenvalue weighted by Gasteiger charge is -2.26. The van der Waals surface area contributed by atoms with Gasteiger partial charge in [0.05, 0.1) is 12.1 Å². The molecule has 0 fully saturated rings. The maximum absolute atomic E-state index is 13.2. The molecule has 0 spiro atoms. The van der Waals surface area contributed by atoms with E-state index in [0.717, 1.165) is 26.3 Å². The van der Waals surface area contributed by atoms with Crippen LogP contribution in [0.2, 0.25) is 0 Å². The first-order valence-electron chi connectivity index (χ1n) is 17.8. The number of amides is 5. The molecule has 0 saturated heterocycles. The first kappa shape index (κ1) is 46.3. The minimum atomic E-state index is -1.75. The van der Waals surface area contributed by atoms with Crippen LogP contribution < -0.4 is 43.4 Å². The molecule has 0 heterocycles. The number of hydrogen-bond donors (Lipinski definition) is 10. The lowest BCUT2D eigenvalue weighted by Crippen LogP contribution is -2.61. The summed E-state index contributed by atoms with van der Waals surface area (Å²) in [4.78, 5) is 86.6. The van der Waals surface area contributed by atoms with Crippen molar-refractivity contribution in [2.45, 2.75) is 141 Å². The van der Waals surface area contributed by atoms with Crippen molar-refractivity contribution in [3.05, 3.63) is 0 Å². The number of hydrogen-bond acceptors (Lipinski definition) is 11. The van der Waals surface area contributed by atoms with Crippen LogP contribution in [0.1, 0.15) is 105 Å². The molecule has 0 aliphatic carbocycles. The number of carbonyl (C=O) groups is 7. The van der Waals surface area contributed by atoms with Crippen molar-refractivity contribution >= 4 is 41.3 Å². The quantitative estimate of drug-likeness (QED) is 0.0319. The lowest BCUT2D eigenvalue weighted by atomic mass is 10.1. The summed E-state index contributed by atoms with van der Waals surface area (Å²) in [5, 5.41) is 34.4. The van der Waals surface area contributed by atoms with Crippen molar-refractivity contribution in [1.82, 2.24) is 31.9 Å². The molecule has 6 atom stereocenters. The van der Waals surface area contributed by atoms with E-state index in [4.69, 9.17) is 16.6 Å². The van der Waals surface area contributed by atoms with Crippen molar-refractivity contribution in [3.8, 4) is 0 Å². The van der Waals surface area contributed by atoms with Gasteiger partial charge in [0.25, 0.3) is 5.78 Å². The molecule has 0 rings (SSSR count). The van der Waals surface area contributed by atoms with Crippen molar-refractivity contribution in [2.75, 3.05) is 26.2 Å². The van der Waals surface area contributed by atoms with Gasteiger partial charge in [-0.05, 0) is 59.5 Å². The fraction of sp³-hybridized carbons (Fsp3) is 0.788. The summed E-state index contributed by atoms with van der Waals surface area (Å²) in [5.41, 5.74) is 11.2. The Morgan fingerprint density at radius 2 is 1.20 bits per heavy atom. The van der Waals surface area contributed by atoms with Crippen LogP contribution in [-0.4, -0.2) is 114 Å². The van der Waals surface area contributed by atoms with Crippen LogP contribution in [0.4, 0.5) is 0 Å². The highest BCUT2D eigenvalue weighted by Crippen LogP contribution is 2.08. The number of carbonyl (C=O) groups excluding carboxylic acids is 6. The SMILES string of the molecule is CCCCCCCCCCNCCC(=O)N[C@@H](CCCCN)C(=O)N[C@H](C(=O)N[C@@H](C)C(=O)N[C@@H](CN)C(=O)N[C@@H](C)C(=O)C(=O)O)[C@@H](C)O. The highest BCUT2D eigenvalue weighted by Gasteiger charge is 2.32. The molecule has 17 heteroatoms. The van der Waals surface area contributed by atoms with Gasteiger partial charge in [-0.2, -0.15) is 0 Å². The Balaban J connectivity index is 5.09. The molecule has 288 valence electrons. The van der Waals surface area contributed by atoms with Gasteiger partial charge in [0.2, 0.25) is 29.5 Å². The van der Waals surface area contributed by atoms with Crippen LogP contribution in [0, 0.1) is 0 Å². The van der Waals surface area contributed by atoms with E-state index in [2.05, 4.69) is 38.8 Å². The third-order valence-corrected chi connectivity index (χ3v) is 7.98. The Morgan fingerprint density at radius 3 is 1.76 bits per heavy atom. The molecule has 0 aliphatic heterocycles. The lowest BCUT2D eigenvalue weighted by molar-refractivity contribution is -0.150. The monoisotopic (exact) mass is 714 g/mol. The third-order valence-electron chi connectivity index (χ3n) is 7.98. The van der Waals surface area contributed by atoms with Crippen LogP contribution in [0.3, 0.4) is 0 Å². The fourth-order valence-corrected chi connectivity index (χ4v) is 4.86. The Kier molecular flexibility index (Phi) is 25.1. The number of unbranched alkanes of at least 4 members (excludes halogenated alkanes) is 8. The summed E-state index contributed by atoms with van der Waals surface area (Å²) >= 11 is 0. The second-order valence-electron chi connectivity index (χ2n) is 12.5. The number of aliphatic hydroxyl groups is 1. The number of carboxylic acid groups (broad SMARTS) is 1. The summed E-state index contributed by atoms with van der Waals surface area (Å²) in [7, 11) is 0. The van der Waals surface area contributed by atoms with Gasteiger partial charge < -0.3 is 53.6 Å². The van der Waals surface area contributed by atoms with Crippen LogP contribution in [0.5, 0.6) is 0 Å². The van der Waals surface area contributed by atoms with Crippen molar-refractivity contribution in [2.24, 2.45) is 11.5 Å². The number of nitrogens with two attached hydrogens (primary N) is 2. The van der Waals surface area contributed by atoms with E-state index in [1.165, 1.54) is 52.4 Å².